The SMILES string of the molecule is CN(C)C(=O)CCNC(=O)Cc1cccc(N)c1. The Morgan fingerprint density at radius 2 is 2.06 bits per heavy atom. The molecular weight excluding hydrogens is 230 g/mol. The molecule has 0 unspecified atom stereocenters. The van der Waals surface area contributed by atoms with Gasteiger partial charge in [0.2, 0.25) is 11.8 Å². The number of amides is 2. The Balaban J connectivity index is 2.32. The first-order valence-corrected chi connectivity index (χ1v) is 5.80. The highest BCUT2D eigenvalue weighted by atomic mass is 16.2. The predicted octanol–water partition coefficient (Wildman–Crippen LogP) is 0.406. The predicted molar refractivity (Wildman–Crippen MR) is 70.9 cm³/mol. The molecule has 0 fully saturated rings. The summed E-state index contributed by atoms with van der Waals surface area (Å²) in [6.07, 6.45) is 0.594. The van der Waals surface area contributed by atoms with Crippen LogP contribution in [0, 0.1) is 0 Å². The summed E-state index contributed by atoms with van der Waals surface area (Å²) in [5, 5.41) is 2.71. The number of carbonyl (C=O) groups is 2. The number of carbonyl (C=O) groups excluding carboxylic acids is 2. The second-order valence-electron chi connectivity index (χ2n) is 4.31. The molecule has 2 amide bonds. The monoisotopic (exact) mass is 249 g/mol. The molecule has 0 radical (unpaired) electrons. The molecule has 0 saturated carbocycles. The smallest absolute Gasteiger partial charge is 0.224 e. The molecule has 5 heteroatoms. The van der Waals surface area contributed by atoms with E-state index in [1.54, 1.807) is 26.2 Å². The van der Waals surface area contributed by atoms with Crippen LogP contribution >= 0.6 is 0 Å². The van der Waals surface area contributed by atoms with E-state index in [1.165, 1.54) is 4.90 Å². The van der Waals surface area contributed by atoms with E-state index in [2.05, 4.69) is 5.32 Å². The van der Waals surface area contributed by atoms with Crippen molar-refractivity contribution < 1.29 is 9.59 Å². The molecule has 1 aromatic carbocycles. The van der Waals surface area contributed by atoms with E-state index in [9.17, 15) is 9.59 Å². The Morgan fingerprint density at radius 1 is 1.33 bits per heavy atom. The van der Waals surface area contributed by atoms with Crippen molar-refractivity contribution in [2.45, 2.75) is 12.8 Å². The van der Waals surface area contributed by atoms with Gasteiger partial charge in [0.05, 0.1) is 6.42 Å². The highest BCUT2D eigenvalue weighted by molar-refractivity contribution is 5.80. The van der Waals surface area contributed by atoms with Crippen molar-refractivity contribution in [3.8, 4) is 0 Å². The second kappa shape index (κ2) is 6.64. The number of hydrogen-bond acceptors (Lipinski definition) is 3. The molecule has 0 aromatic heterocycles. The minimum Gasteiger partial charge on any atom is -0.399 e. The van der Waals surface area contributed by atoms with Crippen LogP contribution in [0.4, 0.5) is 5.69 Å². The minimum absolute atomic E-state index is 0.000689. The molecule has 0 bridgehead atoms. The average molecular weight is 249 g/mol. The first kappa shape index (κ1) is 14.0. The number of rotatable bonds is 5. The van der Waals surface area contributed by atoms with Crippen molar-refractivity contribution in [2.24, 2.45) is 0 Å². The van der Waals surface area contributed by atoms with Crippen molar-refractivity contribution in [3.63, 3.8) is 0 Å². The lowest BCUT2D eigenvalue weighted by Gasteiger charge is -2.10. The van der Waals surface area contributed by atoms with Crippen LogP contribution in [0.5, 0.6) is 0 Å². The second-order valence-corrected chi connectivity index (χ2v) is 4.31. The molecule has 0 atom stereocenters. The number of nitrogens with zero attached hydrogens (tertiary/aromatic N) is 1. The number of nitrogens with two attached hydrogens (primary N) is 1. The third kappa shape index (κ3) is 4.86. The standard InChI is InChI=1S/C13H19N3O2/c1-16(2)13(18)6-7-15-12(17)9-10-4-3-5-11(14)8-10/h3-5,8H,6-7,9,14H2,1-2H3,(H,15,17). The van der Waals surface area contributed by atoms with Gasteiger partial charge in [-0.2, -0.15) is 0 Å². The summed E-state index contributed by atoms with van der Waals surface area (Å²) in [5.74, 6) is -0.105. The van der Waals surface area contributed by atoms with Gasteiger partial charge in [-0.1, -0.05) is 12.1 Å². The van der Waals surface area contributed by atoms with Gasteiger partial charge in [0, 0.05) is 32.7 Å². The van der Waals surface area contributed by atoms with Crippen LogP contribution in [0.3, 0.4) is 0 Å². The zero-order valence-corrected chi connectivity index (χ0v) is 10.8. The molecular formula is C13H19N3O2. The van der Waals surface area contributed by atoms with Crippen LogP contribution in [-0.2, 0) is 16.0 Å². The fraction of sp³-hybridized carbons (Fsp3) is 0.385. The maximum atomic E-state index is 11.6. The lowest BCUT2D eigenvalue weighted by molar-refractivity contribution is -0.128. The number of nitrogen functional groups attached to an aromatic ring is 1. The summed E-state index contributed by atoms with van der Waals surface area (Å²) in [7, 11) is 3.38. The largest absolute Gasteiger partial charge is 0.399 e. The summed E-state index contributed by atoms with van der Waals surface area (Å²) in [6.45, 7) is 0.359. The van der Waals surface area contributed by atoms with Crippen molar-refractivity contribution >= 4 is 17.5 Å². The quantitative estimate of drug-likeness (QED) is 0.742. The normalized spacial score (nSPS) is 9.89. The van der Waals surface area contributed by atoms with Gasteiger partial charge in [-0.25, -0.2) is 0 Å². The molecule has 0 saturated heterocycles. The molecule has 5 nitrogen and oxygen atoms in total. The zero-order chi connectivity index (χ0) is 13.5. The van der Waals surface area contributed by atoms with Crippen LogP contribution in [0.25, 0.3) is 0 Å². The van der Waals surface area contributed by atoms with E-state index in [-0.39, 0.29) is 18.2 Å². The molecule has 0 aliphatic carbocycles. The Morgan fingerprint density at radius 3 is 2.67 bits per heavy atom. The molecule has 0 aliphatic heterocycles. The van der Waals surface area contributed by atoms with Gasteiger partial charge in [-0.15, -0.1) is 0 Å². The fourth-order valence-corrected chi connectivity index (χ4v) is 1.48. The van der Waals surface area contributed by atoms with E-state index in [0.29, 0.717) is 18.7 Å². The first-order chi connectivity index (χ1) is 8.49. The van der Waals surface area contributed by atoms with Gasteiger partial charge in [-0.3, -0.25) is 9.59 Å². The minimum atomic E-state index is -0.104. The number of anilines is 1. The summed E-state index contributed by atoms with van der Waals surface area (Å²) in [5.41, 5.74) is 7.13. The molecule has 18 heavy (non-hydrogen) atoms. The maximum Gasteiger partial charge on any atom is 0.224 e. The third-order valence-corrected chi connectivity index (χ3v) is 2.48. The Hall–Kier alpha value is -2.04. The van der Waals surface area contributed by atoms with E-state index >= 15 is 0 Å². The van der Waals surface area contributed by atoms with Crippen molar-refractivity contribution in [2.75, 3.05) is 26.4 Å². The highest BCUT2D eigenvalue weighted by Crippen LogP contribution is 2.06. The topological polar surface area (TPSA) is 75.4 Å². The summed E-state index contributed by atoms with van der Waals surface area (Å²) < 4.78 is 0. The van der Waals surface area contributed by atoms with Crippen LogP contribution in [0.15, 0.2) is 24.3 Å². The Kier molecular flexibility index (Phi) is 5.17. The van der Waals surface area contributed by atoms with Crippen LogP contribution < -0.4 is 11.1 Å². The van der Waals surface area contributed by atoms with Crippen molar-refractivity contribution in [1.29, 1.82) is 0 Å². The molecule has 98 valence electrons. The van der Waals surface area contributed by atoms with Crippen LogP contribution in [0.2, 0.25) is 0 Å². The van der Waals surface area contributed by atoms with Gasteiger partial charge < -0.3 is 16.0 Å². The van der Waals surface area contributed by atoms with Gasteiger partial charge >= 0.3 is 0 Å². The van der Waals surface area contributed by atoms with E-state index < -0.39 is 0 Å². The van der Waals surface area contributed by atoms with Gasteiger partial charge in [0.15, 0.2) is 0 Å². The Bertz CT molecular complexity index is 430. The summed E-state index contributed by atoms with van der Waals surface area (Å²) >= 11 is 0. The average Bonchev–Trinajstić information content (AvgIpc) is 2.28. The summed E-state index contributed by atoms with van der Waals surface area (Å²) in [6, 6.07) is 7.20. The molecule has 1 rings (SSSR count). The lowest BCUT2D eigenvalue weighted by Crippen LogP contribution is -2.31. The van der Waals surface area contributed by atoms with Crippen molar-refractivity contribution in [1.82, 2.24) is 10.2 Å². The molecule has 0 aliphatic rings. The van der Waals surface area contributed by atoms with E-state index in [0.717, 1.165) is 5.56 Å². The van der Waals surface area contributed by atoms with Gasteiger partial charge in [0.25, 0.3) is 0 Å². The molecule has 0 heterocycles. The van der Waals surface area contributed by atoms with Gasteiger partial charge in [0.1, 0.15) is 0 Å². The Labute approximate surface area is 107 Å². The highest BCUT2D eigenvalue weighted by Gasteiger charge is 2.06. The fourth-order valence-electron chi connectivity index (χ4n) is 1.48. The van der Waals surface area contributed by atoms with Crippen LogP contribution in [0.1, 0.15) is 12.0 Å². The maximum absolute atomic E-state index is 11.6. The number of nitrogens with one attached hydrogen (secondary N) is 1. The summed E-state index contributed by atoms with van der Waals surface area (Å²) in [4.78, 5) is 24.4. The third-order valence-electron chi connectivity index (χ3n) is 2.48. The first-order valence-electron chi connectivity index (χ1n) is 5.80. The zero-order valence-electron chi connectivity index (χ0n) is 10.8. The molecule has 1 aromatic rings. The van der Waals surface area contributed by atoms with E-state index in [1.807, 2.05) is 12.1 Å². The van der Waals surface area contributed by atoms with Crippen LogP contribution in [-0.4, -0.2) is 37.4 Å². The van der Waals surface area contributed by atoms with E-state index in [4.69, 9.17) is 5.73 Å². The molecule has 3 N–H and O–H groups in total. The lowest BCUT2D eigenvalue weighted by atomic mass is 10.1. The molecule has 0 spiro atoms. The number of hydrogen-bond donors (Lipinski definition) is 2. The van der Waals surface area contributed by atoms with Crippen molar-refractivity contribution in [3.05, 3.63) is 29.8 Å². The number of benzene rings is 1. The van der Waals surface area contributed by atoms with Gasteiger partial charge in [-0.05, 0) is 17.7 Å².